The van der Waals surface area contributed by atoms with Crippen LogP contribution >= 0.6 is 35.0 Å². The van der Waals surface area contributed by atoms with Crippen molar-refractivity contribution in [3.05, 3.63) is 105 Å². The molecule has 1 saturated carbocycles. The molecule has 1 atom stereocenters. The zero-order valence-corrected chi connectivity index (χ0v) is 24.3. The van der Waals surface area contributed by atoms with Crippen molar-refractivity contribution in [1.82, 2.24) is 20.1 Å². The van der Waals surface area contributed by atoms with Gasteiger partial charge in [-0.1, -0.05) is 114 Å². The number of hydrogen-bond acceptors (Lipinski definition) is 4. The van der Waals surface area contributed by atoms with Crippen molar-refractivity contribution in [3.8, 4) is 5.69 Å². The number of halogens is 2. The highest BCUT2D eigenvalue weighted by molar-refractivity contribution is 7.98. The summed E-state index contributed by atoms with van der Waals surface area (Å²) < 4.78 is 1.98. The number of benzene rings is 3. The minimum atomic E-state index is -0.380. The highest BCUT2D eigenvalue weighted by Crippen LogP contribution is 2.34. The maximum Gasteiger partial charge on any atom is 0.223 e. The predicted molar refractivity (Wildman–Crippen MR) is 160 cm³/mol. The summed E-state index contributed by atoms with van der Waals surface area (Å²) in [6, 6.07) is 23.6. The molecule has 8 heteroatoms. The lowest BCUT2D eigenvalue weighted by atomic mass is 9.88. The summed E-state index contributed by atoms with van der Waals surface area (Å²) in [5.41, 5.74) is 4.25. The Kier molecular flexibility index (Phi) is 9.28. The molecule has 0 radical (unpaired) electrons. The lowest BCUT2D eigenvalue weighted by molar-refractivity contribution is -0.126. The lowest BCUT2D eigenvalue weighted by Gasteiger charge is -2.25. The maximum absolute atomic E-state index is 13.5. The van der Waals surface area contributed by atoms with Gasteiger partial charge in [0.15, 0.2) is 11.0 Å². The van der Waals surface area contributed by atoms with Gasteiger partial charge < -0.3 is 5.32 Å². The van der Waals surface area contributed by atoms with Gasteiger partial charge in [-0.3, -0.25) is 9.36 Å². The van der Waals surface area contributed by atoms with Crippen LogP contribution in [0.5, 0.6) is 0 Å². The third-order valence-electron chi connectivity index (χ3n) is 7.15. The molecule has 1 heterocycles. The predicted octanol–water partition coefficient (Wildman–Crippen LogP) is 8.16. The first kappa shape index (κ1) is 27.8. The number of aromatic nitrogens is 3. The van der Waals surface area contributed by atoms with Crippen LogP contribution in [0.4, 0.5) is 0 Å². The Morgan fingerprint density at radius 3 is 2.49 bits per heavy atom. The summed E-state index contributed by atoms with van der Waals surface area (Å²) >= 11 is 14.6. The molecule has 1 fully saturated rings. The van der Waals surface area contributed by atoms with Crippen molar-refractivity contribution in [2.45, 2.75) is 62.4 Å². The SMILES string of the molecule is Cc1cccc(CSc2nnc(C(Cc3ccccc3)NC(=O)C3CCCCC3)n2-c2ccc(Cl)cc2Cl)c1. The monoisotopic (exact) mass is 578 g/mol. The van der Waals surface area contributed by atoms with Crippen LogP contribution in [0.2, 0.25) is 10.0 Å². The number of amides is 1. The topological polar surface area (TPSA) is 59.8 Å². The molecule has 4 aromatic rings. The second kappa shape index (κ2) is 13.0. The number of nitrogens with zero attached hydrogens (tertiary/aromatic N) is 3. The van der Waals surface area contributed by atoms with Gasteiger partial charge in [0.2, 0.25) is 5.91 Å². The van der Waals surface area contributed by atoms with Crippen LogP contribution in [0, 0.1) is 12.8 Å². The van der Waals surface area contributed by atoms with Crippen molar-refractivity contribution in [1.29, 1.82) is 0 Å². The molecule has 3 aromatic carbocycles. The second-order valence-electron chi connectivity index (χ2n) is 10.1. The van der Waals surface area contributed by atoms with Crippen molar-refractivity contribution in [2.24, 2.45) is 5.92 Å². The summed E-state index contributed by atoms with van der Waals surface area (Å²) in [5, 5.41) is 14.4. The molecule has 5 rings (SSSR count). The van der Waals surface area contributed by atoms with E-state index in [0.29, 0.717) is 27.4 Å². The average molecular weight is 580 g/mol. The first-order chi connectivity index (χ1) is 19.0. The summed E-state index contributed by atoms with van der Waals surface area (Å²) in [4.78, 5) is 13.5. The Morgan fingerprint density at radius 1 is 0.974 bits per heavy atom. The van der Waals surface area contributed by atoms with E-state index in [0.717, 1.165) is 42.7 Å². The Bertz CT molecular complexity index is 1420. The second-order valence-corrected chi connectivity index (χ2v) is 11.9. The molecule has 1 unspecified atom stereocenters. The number of nitrogens with one attached hydrogen (secondary N) is 1. The molecule has 1 aliphatic carbocycles. The highest BCUT2D eigenvalue weighted by atomic mass is 35.5. The number of aryl methyl sites for hydroxylation is 1. The molecular weight excluding hydrogens is 547 g/mol. The van der Waals surface area contributed by atoms with Crippen molar-refractivity contribution >= 4 is 40.9 Å². The van der Waals surface area contributed by atoms with Gasteiger partial charge in [-0.05, 0) is 55.5 Å². The van der Waals surface area contributed by atoms with Crippen LogP contribution < -0.4 is 5.32 Å². The van der Waals surface area contributed by atoms with Gasteiger partial charge in [-0.25, -0.2) is 0 Å². The fraction of sp³-hybridized carbons (Fsp3) is 0.323. The molecule has 5 nitrogen and oxygen atoms in total. The van der Waals surface area contributed by atoms with Gasteiger partial charge in [-0.2, -0.15) is 0 Å². The Morgan fingerprint density at radius 2 is 1.74 bits per heavy atom. The largest absolute Gasteiger partial charge is 0.345 e. The van der Waals surface area contributed by atoms with E-state index in [1.54, 1.807) is 17.8 Å². The van der Waals surface area contributed by atoms with E-state index in [-0.39, 0.29) is 17.9 Å². The van der Waals surface area contributed by atoms with Gasteiger partial charge in [0.05, 0.1) is 16.8 Å². The van der Waals surface area contributed by atoms with Crippen LogP contribution in [0.25, 0.3) is 5.69 Å². The summed E-state index contributed by atoms with van der Waals surface area (Å²) in [6.07, 6.45) is 5.83. The maximum atomic E-state index is 13.5. The number of carbonyl (C=O) groups excluding carboxylic acids is 1. The number of carbonyl (C=O) groups is 1. The average Bonchev–Trinajstić information content (AvgIpc) is 3.36. The Hall–Kier alpha value is -2.80. The van der Waals surface area contributed by atoms with E-state index in [4.69, 9.17) is 23.2 Å². The van der Waals surface area contributed by atoms with E-state index < -0.39 is 0 Å². The molecular formula is C31H32Cl2N4OS. The van der Waals surface area contributed by atoms with E-state index >= 15 is 0 Å². The standard InChI is InChI=1S/C31H32Cl2N4OS/c1-21-9-8-12-23(17-21)20-39-31-36-35-29(37(31)28-16-15-25(32)19-26(28)33)27(18-22-10-4-2-5-11-22)34-30(38)24-13-6-3-7-14-24/h2,4-5,8-12,15-17,19,24,27H,3,6-7,13-14,18,20H2,1H3,(H,34,38). The molecule has 202 valence electrons. The van der Waals surface area contributed by atoms with E-state index in [1.807, 2.05) is 34.9 Å². The van der Waals surface area contributed by atoms with Crippen molar-refractivity contribution < 1.29 is 4.79 Å². The van der Waals surface area contributed by atoms with Crippen molar-refractivity contribution in [2.75, 3.05) is 0 Å². The first-order valence-electron chi connectivity index (χ1n) is 13.4. The smallest absolute Gasteiger partial charge is 0.223 e. The van der Waals surface area contributed by atoms with Crippen LogP contribution in [0.1, 0.15) is 60.7 Å². The fourth-order valence-corrected chi connectivity index (χ4v) is 6.54. The number of rotatable bonds is 9. The fourth-order valence-electron chi connectivity index (χ4n) is 5.15. The Labute approximate surface area is 244 Å². The van der Waals surface area contributed by atoms with E-state index in [2.05, 4.69) is 58.8 Å². The number of thioether (sulfide) groups is 1. The molecule has 1 amide bonds. The first-order valence-corrected chi connectivity index (χ1v) is 15.2. The van der Waals surface area contributed by atoms with Crippen LogP contribution in [-0.4, -0.2) is 20.7 Å². The molecule has 1 aromatic heterocycles. The normalized spacial score (nSPS) is 14.7. The summed E-state index contributed by atoms with van der Waals surface area (Å²) in [5.74, 6) is 1.49. The zero-order valence-electron chi connectivity index (χ0n) is 21.9. The third kappa shape index (κ3) is 7.05. The molecule has 1 aliphatic rings. The van der Waals surface area contributed by atoms with Crippen LogP contribution in [0.15, 0.2) is 78.0 Å². The molecule has 1 N–H and O–H groups in total. The Balaban J connectivity index is 1.53. The van der Waals surface area contributed by atoms with E-state index in [1.165, 1.54) is 17.5 Å². The zero-order chi connectivity index (χ0) is 27.2. The van der Waals surface area contributed by atoms with Gasteiger partial charge >= 0.3 is 0 Å². The van der Waals surface area contributed by atoms with Gasteiger partial charge in [0.25, 0.3) is 0 Å². The molecule has 0 aliphatic heterocycles. The quantitative estimate of drug-likeness (QED) is 0.203. The molecule has 39 heavy (non-hydrogen) atoms. The highest BCUT2D eigenvalue weighted by Gasteiger charge is 2.29. The van der Waals surface area contributed by atoms with Gasteiger partial charge in [0.1, 0.15) is 0 Å². The molecule has 0 saturated heterocycles. The molecule has 0 bridgehead atoms. The van der Waals surface area contributed by atoms with Crippen LogP contribution in [0.3, 0.4) is 0 Å². The van der Waals surface area contributed by atoms with E-state index in [9.17, 15) is 4.79 Å². The van der Waals surface area contributed by atoms with Gasteiger partial charge in [-0.15, -0.1) is 10.2 Å². The third-order valence-corrected chi connectivity index (χ3v) is 8.68. The summed E-state index contributed by atoms with van der Waals surface area (Å²) in [6.45, 7) is 2.09. The summed E-state index contributed by atoms with van der Waals surface area (Å²) in [7, 11) is 0. The van der Waals surface area contributed by atoms with Crippen LogP contribution in [-0.2, 0) is 17.0 Å². The molecule has 0 spiro atoms. The minimum absolute atomic E-state index is 0.0303. The van der Waals surface area contributed by atoms with Gasteiger partial charge in [0, 0.05) is 16.7 Å². The number of hydrogen-bond donors (Lipinski definition) is 1. The lowest BCUT2D eigenvalue weighted by Crippen LogP contribution is -2.37. The minimum Gasteiger partial charge on any atom is -0.345 e. The van der Waals surface area contributed by atoms with Crippen molar-refractivity contribution in [3.63, 3.8) is 0 Å².